The van der Waals surface area contributed by atoms with E-state index in [0.29, 0.717) is 11.6 Å². The number of alkyl halides is 2. The van der Waals surface area contributed by atoms with Crippen molar-refractivity contribution in [1.29, 1.82) is 0 Å². The molecule has 0 heterocycles. The number of hydrogen-bond donors (Lipinski definition) is 1. The van der Waals surface area contributed by atoms with E-state index in [1.54, 1.807) is 12.1 Å². The van der Waals surface area contributed by atoms with Crippen LogP contribution < -0.4 is 10.1 Å². The van der Waals surface area contributed by atoms with Gasteiger partial charge in [-0.25, -0.2) is 0 Å². The summed E-state index contributed by atoms with van der Waals surface area (Å²) in [5.41, 5.74) is 1.83. The molecule has 3 nitrogen and oxygen atoms in total. The van der Waals surface area contributed by atoms with Crippen LogP contribution in [0.4, 0.5) is 8.78 Å². The van der Waals surface area contributed by atoms with E-state index in [-0.39, 0.29) is 23.5 Å². The van der Waals surface area contributed by atoms with Crippen molar-refractivity contribution in [2.45, 2.75) is 25.5 Å². The van der Waals surface area contributed by atoms with Crippen LogP contribution in [0, 0.1) is 5.92 Å². The van der Waals surface area contributed by atoms with E-state index in [0.717, 1.165) is 17.5 Å². The highest BCUT2D eigenvalue weighted by Gasteiger charge is 2.44. The van der Waals surface area contributed by atoms with Crippen LogP contribution in [0.1, 0.15) is 23.5 Å². The molecule has 0 saturated heterocycles. The predicted octanol–water partition coefficient (Wildman–Crippen LogP) is 4.36. The Morgan fingerprint density at radius 2 is 1.92 bits per heavy atom. The number of ether oxygens (including phenoxy) is 1. The molecular weight excluding hydrogens is 336 g/mol. The zero-order valence-corrected chi connectivity index (χ0v) is 13.5. The van der Waals surface area contributed by atoms with Crippen LogP contribution >= 0.6 is 11.6 Å². The summed E-state index contributed by atoms with van der Waals surface area (Å²) < 4.78 is 28.5. The van der Waals surface area contributed by atoms with Gasteiger partial charge in [-0.3, -0.25) is 4.79 Å². The highest BCUT2D eigenvalue weighted by Crippen LogP contribution is 2.49. The van der Waals surface area contributed by atoms with Gasteiger partial charge in [0.1, 0.15) is 5.75 Å². The fraction of sp³-hybridized carbons (Fsp3) is 0.278. The maximum absolute atomic E-state index is 12.2. The summed E-state index contributed by atoms with van der Waals surface area (Å²) in [6, 6.07) is 13.8. The van der Waals surface area contributed by atoms with Crippen molar-refractivity contribution in [2.24, 2.45) is 5.92 Å². The molecule has 1 aliphatic carbocycles. The van der Waals surface area contributed by atoms with Crippen LogP contribution in [-0.4, -0.2) is 12.5 Å². The molecule has 0 radical (unpaired) electrons. The normalized spacial score (nSPS) is 19.2. The highest BCUT2D eigenvalue weighted by atomic mass is 35.5. The van der Waals surface area contributed by atoms with E-state index < -0.39 is 6.61 Å². The van der Waals surface area contributed by atoms with Crippen molar-refractivity contribution in [2.75, 3.05) is 0 Å². The third-order valence-electron chi connectivity index (χ3n) is 4.05. The Hall–Kier alpha value is -2.14. The largest absolute Gasteiger partial charge is 0.435 e. The third-order valence-corrected chi connectivity index (χ3v) is 4.39. The van der Waals surface area contributed by atoms with Gasteiger partial charge < -0.3 is 10.1 Å². The first-order chi connectivity index (χ1) is 11.5. The van der Waals surface area contributed by atoms with Crippen molar-refractivity contribution >= 4 is 17.5 Å². The predicted molar refractivity (Wildman–Crippen MR) is 87.2 cm³/mol. The van der Waals surface area contributed by atoms with Crippen molar-refractivity contribution in [3.05, 3.63) is 64.7 Å². The number of halogens is 3. The Kier molecular flexibility index (Phi) is 5.00. The molecule has 6 heteroatoms. The lowest BCUT2D eigenvalue weighted by atomic mass is 10.1. The fourth-order valence-electron chi connectivity index (χ4n) is 2.71. The Bertz CT molecular complexity index is 721. The smallest absolute Gasteiger partial charge is 0.387 e. The van der Waals surface area contributed by atoms with Gasteiger partial charge in [0.15, 0.2) is 0 Å². The van der Waals surface area contributed by atoms with Gasteiger partial charge in [-0.1, -0.05) is 41.9 Å². The van der Waals surface area contributed by atoms with Crippen LogP contribution in [0.25, 0.3) is 0 Å². The Balaban J connectivity index is 1.51. The molecule has 24 heavy (non-hydrogen) atoms. The zero-order valence-electron chi connectivity index (χ0n) is 12.7. The number of rotatable bonds is 6. The first-order valence-electron chi connectivity index (χ1n) is 7.60. The lowest BCUT2D eigenvalue weighted by Crippen LogP contribution is -2.24. The average Bonchev–Trinajstić information content (AvgIpc) is 3.34. The second-order valence-corrected chi connectivity index (χ2v) is 6.12. The Morgan fingerprint density at radius 3 is 2.58 bits per heavy atom. The van der Waals surface area contributed by atoms with E-state index in [4.69, 9.17) is 11.6 Å². The molecule has 2 aromatic carbocycles. The van der Waals surface area contributed by atoms with Gasteiger partial charge in [0.25, 0.3) is 0 Å². The minimum Gasteiger partial charge on any atom is -0.435 e. The van der Waals surface area contributed by atoms with Crippen LogP contribution in [0.5, 0.6) is 5.75 Å². The number of benzene rings is 2. The number of nitrogens with one attached hydrogen (secondary N) is 1. The minimum atomic E-state index is -2.84. The molecule has 0 aliphatic heterocycles. The summed E-state index contributed by atoms with van der Waals surface area (Å²) in [5, 5.41) is 3.56. The topological polar surface area (TPSA) is 38.3 Å². The second-order valence-electron chi connectivity index (χ2n) is 5.71. The first-order valence-corrected chi connectivity index (χ1v) is 7.98. The van der Waals surface area contributed by atoms with Crippen molar-refractivity contribution < 1.29 is 18.3 Å². The van der Waals surface area contributed by atoms with Crippen molar-refractivity contribution in [3.8, 4) is 5.75 Å². The molecule has 0 aromatic heterocycles. The average molecular weight is 352 g/mol. The lowest BCUT2D eigenvalue weighted by Gasteiger charge is -2.08. The summed E-state index contributed by atoms with van der Waals surface area (Å²) in [6.45, 7) is -2.49. The minimum absolute atomic E-state index is 0.0205. The quantitative estimate of drug-likeness (QED) is 0.839. The molecule has 1 aliphatic rings. The van der Waals surface area contributed by atoms with Crippen LogP contribution in [-0.2, 0) is 11.3 Å². The molecule has 2 atom stereocenters. The van der Waals surface area contributed by atoms with E-state index in [1.165, 1.54) is 12.1 Å². The summed E-state index contributed by atoms with van der Waals surface area (Å²) in [6.07, 6.45) is 0.788. The van der Waals surface area contributed by atoms with E-state index in [1.807, 2.05) is 24.3 Å². The Morgan fingerprint density at radius 1 is 1.21 bits per heavy atom. The second kappa shape index (κ2) is 7.18. The standard InChI is InChI=1S/C18H16ClF2NO2/c19-16-4-2-1-3-13(16)14-9-15(14)17(23)22-10-11-5-7-12(8-6-11)24-18(20)21/h1-8,14-15,18H,9-10H2,(H,22,23). The molecule has 1 fully saturated rings. The monoisotopic (exact) mass is 351 g/mol. The van der Waals surface area contributed by atoms with Gasteiger partial charge in [-0.05, 0) is 41.7 Å². The number of carbonyl (C=O) groups excluding carboxylic acids is 1. The summed E-state index contributed by atoms with van der Waals surface area (Å²) in [5.74, 6) is 0.181. The summed E-state index contributed by atoms with van der Waals surface area (Å²) in [4.78, 5) is 12.2. The lowest BCUT2D eigenvalue weighted by molar-refractivity contribution is -0.122. The SMILES string of the molecule is O=C(NCc1ccc(OC(F)F)cc1)C1CC1c1ccccc1Cl. The highest BCUT2D eigenvalue weighted by molar-refractivity contribution is 6.31. The van der Waals surface area contributed by atoms with Gasteiger partial charge >= 0.3 is 6.61 Å². The number of hydrogen-bond acceptors (Lipinski definition) is 2. The van der Waals surface area contributed by atoms with E-state index in [9.17, 15) is 13.6 Å². The van der Waals surface area contributed by atoms with E-state index in [2.05, 4.69) is 10.1 Å². The molecule has 2 unspecified atom stereocenters. The van der Waals surface area contributed by atoms with Crippen LogP contribution in [0.15, 0.2) is 48.5 Å². The summed E-state index contributed by atoms with van der Waals surface area (Å²) >= 11 is 6.16. The molecule has 0 spiro atoms. The van der Waals surface area contributed by atoms with Gasteiger partial charge in [0.05, 0.1) is 0 Å². The Labute approximate surface area is 143 Å². The van der Waals surface area contributed by atoms with Gasteiger partial charge in [-0.15, -0.1) is 0 Å². The van der Waals surface area contributed by atoms with E-state index >= 15 is 0 Å². The van der Waals surface area contributed by atoms with Crippen molar-refractivity contribution in [1.82, 2.24) is 5.32 Å². The van der Waals surface area contributed by atoms with Crippen molar-refractivity contribution in [3.63, 3.8) is 0 Å². The van der Waals surface area contributed by atoms with Gasteiger partial charge in [0, 0.05) is 17.5 Å². The molecule has 2 aromatic rings. The van der Waals surface area contributed by atoms with Crippen LogP contribution in [0.3, 0.4) is 0 Å². The third kappa shape index (κ3) is 4.03. The fourth-order valence-corrected chi connectivity index (χ4v) is 2.99. The summed E-state index contributed by atoms with van der Waals surface area (Å²) in [7, 11) is 0. The maximum Gasteiger partial charge on any atom is 0.387 e. The zero-order chi connectivity index (χ0) is 17.1. The van der Waals surface area contributed by atoms with Crippen LogP contribution in [0.2, 0.25) is 5.02 Å². The number of carbonyl (C=O) groups is 1. The molecule has 1 N–H and O–H groups in total. The first kappa shape index (κ1) is 16.7. The molecular formula is C18H16ClF2NO2. The maximum atomic E-state index is 12.2. The molecule has 1 saturated carbocycles. The number of amides is 1. The molecule has 3 rings (SSSR count). The molecule has 0 bridgehead atoms. The molecule has 126 valence electrons. The van der Waals surface area contributed by atoms with Gasteiger partial charge in [0.2, 0.25) is 5.91 Å². The molecule has 1 amide bonds. The van der Waals surface area contributed by atoms with Gasteiger partial charge in [-0.2, -0.15) is 8.78 Å².